The molecule has 39 heavy (non-hydrogen) atoms. The summed E-state index contributed by atoms with van der Waals surface area (Å²) in [6.07, 6.45) is 2.13. The van der Waals surface area contributed by atoms with Gasteiger partial charge in [0.15, 0.2) is 11.5 Å². The molecule has 0 amide bonds. The standard InChI is InChI=1S/C31H29N5O3/c1-37-28-18-23(27-13-14-29(38-2)33-32-27)17-24-19-35(15-16-39-31(24)28)20-25-21-36(26-11-7-4-8-12-26)34-30(25)22-9-5-3-6-10-22/h3-14,17-18,21H,15-16,19-20H2,1-2H3. The van der Waals surface area contributed by atoms with Crippen molar-refractivity contribution in [3.63, 3.8) is 0 Å². The molecule has 5 aromatic rings. The van der Waals surface area contributed by atoms with Gasteiger partial charge in [0.05, 0.1) is 31.3 Å². The van der Waals surface area contributed by atoms with Crippen LogP contribution in [-0.2, 0) is 13.1 Å². The molecule has 3 heterocycles. The van der Waals surface area contributed by atoms with Gasteiger partial charge >= 0.3 is 0 Å². The van der Waals surface area contributed by atoms with Gasteiger partial charge in [-0.25, -0.2) is 4.68 Å². The summed E-state index contributed by atoms with van der Waals surface area (Å²) in [6, 6.07) is 28.3. The second-order valence-electron chi connectivity index (χ2n) is 9.34. The number of hydrogen-bond donors (Lipinski definition) is 0. The van der Waals surface area contributed by atoms with Gasteiger partial charge in [-0.05, 0) is 30.3 Å². The molecule has 0 saturated heterocycles. The van der Waals surface area contributed by atoms with Crippen LogP contribution in [0.5, 0.6) is 17.4 Å². The van der Waals surface area contributed by atoms with Crippen LogP contribution in [-0.4, -0.2) is 52.2 Å². The summed E-state index contributed by atoms with van der Waals surface area (Å²) in [6.45, 7) is 2.72. The van der Waals surface area contributed by atoms with Crippen LogP contribution >= 0.6 is 0 Å². The van der Waals surface area contributed by atoms with E-state index in [0.29, 0.717) is 24.8 Å². The first-order valence-electron chi connectivity index (χ1n) is 12.9. The molecule has 6 rings (SSSR count). The number of fused-ring (bicyclic) bond motifs is 1. The highest BCUT2D eigenvalue weighted by atomic mass is 16.5. The molecule has 196 valence electrons. The van der Waals surface area contributed by atoms with E-state index in [9.17, 15) is 0 Å². The fourth-order valence-electron chi connectivity index (χ4n) is 4.87. The molecule has 2 aromatic heterocycles. The minimum Gasteiger partial charge on any atom is -0.493 e. The Morgan fingerprint density at radius 2 is 1.64 bits per heavy atom. The van der Waals surface area contributed by atoms with Gasteiger partial charge in [0, 0.05) is 54.2 Å². The Morgan fingerprint density at radius 1 is 0.846 bits per heavy atom. The molecule has 0 radical (unpaired) electrons. The predicted octanol–water partition coefficient (Wildman–Crippen LogP) is 5.41. The summed E-state index contributed by atoms with van der Waals surface area (Å²) in [7, 11) is 3.24. The number of hydrogen-bond acceptors (Lipinski definition) is 7. The third-order valence-electron chi connectivity index (χ3n) is 6.80. The highest BCUT2D eigenvalue weighted by Crippen LogP contribution is 2.38. The van der Waals surface area contributed by atoms with E-state index in [0.717, 1.165) is 58.2 Å². The van der Waals surface area contributed by atoms with Gasteiger partial charge in [-0.1, -0.05) is 48.5 Å². The van der Waals surface area contributed by atoms with Gasteiger partial charge in [0.1, 0.15) is 6.61 Å². The number of nitrogens with zero attached hydrogens (tertiary/aromatic N) is 5. The van der Waals surface area contributed by atoms with Crippen LogP contribution in [0.4, 0.5) is 0 Å². The first kappa shape index (κ1) is 24.6. The normalized spacial score (nSPS) is 13.3. The van der Waals surface area contributed by atoms with Crippen molar-refractivity contribution >= 4 is 0 Å². The Hall–Kier alpha value is -4.69. The molecule has 0 aliphatic carbocycles. The summed E-state index contributed by atoms with van der Waals surface area (Å²) >= 11 is 0. The van der Waals surface area contributed by atoms with Crippen LogP contribution in [0.25, 0.3) is 28.2 Å². The van der Waals surface area contributed by atoms with Gasteiger partial charge in [-0.2, -0.15) is 5.10 Å². The maximum atomic E-state index is 6.21. The van der Waals surface area contributed by atoms with Crippen molar-refractivity contribution in [1.82, 2.24) is 24.9 Å². The van der Waals surface area contributed by atoms with Crippen molar-refractivity contribution < 1.29 is 14.2 Å². The molecule has 0 spiro atoms. The topological polar surface area (TPSA) is 74.5 Å². The largest absolute Gasteiger partial charge is 0.493 e. The predicted molar refractivity (Wildman–Crippen MR) is 149 cm³/mol. The second-order valence-corrected chi connectivity index (χ2v) is 9.34. The van der Waals surface area contributed by atoms with E-state index in [4.69, 9.17) is 19.3 Å². The smallest absolute Gasteiger partial charge is 0.233 e. The first-order valence-corrected chi connectivity index (χ1v) is 12.9. The van der Waals surface area contributed by atoms with Crippen LogP contribution in [0.1, 0.15) is 11.1 Å². The zero-order valence-electron chi connectivity index (χ0n) is 21.9. The first-order chi connectivity index (χ1) is 19.2. The van der Waals surface area contributed by atoms with Crippen LogP contribution in [0.3, 0.4) is 0 Å². The van der Waals surface area contributed by atoms with Crippen LogP contribution in [0, 0.1) is 0 Å². The van der Waals surface area contributed by atoms with Gasteiger partial charge < -0.3 is 14.2 Å². The molecule has 0 atom stereocenters. The second kappa shape index (κ2) is 11.0. The highest BCUT2D eigenvalue weighted by molar-refractivity contribution is 5.67. The quantitative estimate of drug-likeness (QED) is 0.285. The van der Waals surface area contributed by atoms with Gasteiger partial charge in [0.2, 0.25) is 5.88 Å². The fraction of sp³-hybridized carbons (Fsp3) is 0.194. The van der Waals surface area contributed by atoms with E-state index < -0.39 is 0 Å². The lowest BCUT2D eigenvalue weighted by atomic mass is 10.0. The number of para-hydroxylation sites is 1. The fourth-order valence-corrected chi connectivity index (χ4v) is 4.87. The molecule has 0 unspecified atom stereocenters. The lowest BCUT2D eigenvalue weighted by molar-refractivity contribution is 0.217. The molecule has 8 nitrogen and oxygen atoms in total. The summed E-state index contributed by atoms with van der Waals surface area (Å²) < 4.78 is 19.1. The molecule has 0 fully saturated rings. The van der Waals surface area contributed by atoms with E-state index >= 15 is 0 Å². The Kier molecular flexibility index (Phi) is 6.93. The number of ether oxygens (including phenoxy) is 3. The zero-order chi connectivity index (χ0) is 26.6. The molecule has 0 saturated carbocycles. The van der Waals surface area contributed by atoms with Gasteiger partial charge in [-0.3, -0.25) is 4.90 Å². The Labute approximate surface area is 227 Å². The highest BCUT2D eigenvalue weighted by Gasteiger charge is 2.23. The SMILES string of the molecule is COc1ccc(-c2cc3c(c(OC)c2)OCCN(Cc2cn(-c4ccccc4)nc2-c2ccccc2)C3)nn1. The summed E-state index contributed by atoms with van der Waals surface area (Å²) in [5.74, 6) is 1.93. The van der Waals surface area contributed by atoms with E-state index in [1.54, 1.807) is 20.3 Å². The Balaban J connectivity index is 1.34. The molecule has 1 aliphatic heterocycles. The third kappa shape index (κ3) is 5.19. The van der Waals surface area contributed by atoms with Crippen molar-refractivity contribution in [2.75, 3.05) is 27.4 Å². The molecule has 0 N–H and O–H groups in total. The Bertz CT molecular complexity index is 1550. The monoisotopic (exact) mass is 519 g/mol. The maximum absolute atomic E-state index is 6.21. The van der Waals surface area contributed by atoms with Crippen molar-refractivity contribution in [3.8, 4) is 45.6 Å². The minimum atomic E-state index is 0.472. The zero-order valence-corrected chi connectivity index (χ0v) is 21.9. The lowest BCUT2D eigenvalue weighted by Crippen LogP contribution is -2.25. The number of benzene rings is 3. The number of aromatic nitrogens is 4. The van der Waals surface area contributed by atoms with Crippen molar-refractivity contribution in [2.24, 2.45) is 0 Å². The van der Waals surface area contributed by atoms with Crippen molar-refractivity contribution in [3.05, 3.63) is 102 Å². The average Bonchev–Trinajstić information content (AvgIpc) is 3.30. The lowest BCUT2D eigenvalue weighted by Gasteiger charge is -2.19. The Morgan fingerprint density at radius 3 is 2.36 bits per heavy atom. The molecular formula is C31H29N5O3. The van der Waals surface area contributed by atoms with Crippen LogP contribution in [0.15, 0.2) is 91.1 Å². The molecule has 8 heteroatoms. The number of methoxy groups -OCH3 is 2. The molecule has 3 aromatic carbocycles. The summed E-state index contributed by atoms with van der Waals surface area (Å²) in [5.41, 5.74) is 6.94. The maximum Gasteiger partial charge on any atom is 0.233 e. The van der Waals surface area contributed by atoms with E-state index in [2.05, 4.69) is 51.6 Å². The third-order valence-corrected chi connectivity index (χ3v) is 6.80. The van der Waals surface area contributed by atoms with Gasteiger partial charge in [0.25, 0.3) is 0 Å². The van der Waals surface area contributed by atoms with Crippen molar-refractivity contribution in [2.45, 2.75) is 13.1 Å². The summed E-state index contributed by atoms with van der Waals surface area (Å²) in [5, 5.41) is 13.5. The molecular weight excluding hydrogens is 490 g/mol. The van der Waals surface area contributed by atoms with Crippen molar-refractivity contribution in [1.29, 1.82) is 0 Å². The van der Waals surface area contributed by atoms with E-state index in [1.165, 1.54) is 0 Å². The number of rotatable bonds is 7. The minimum absolute atomic E-state index is 0.472. The van der Waals surface area contributed by atoms with E-state index in [-0.39, 0.29) is 0 Å². The summed E-state index contributed by atoms with van der Waals surface area (Å²) in [4.78, 5) is 2.38. The van der Waals surface area contributed by atoms with Crippen LogP contribution in [0.2, 0.25) is 0 Å². The molecule has 1 aliphatic rings. The van der Waals surface area contributed by atoms with Crippen LogP contribution < -0.4 is 14.2 Å². The average molecular weight is 520 g/mol. The van der Waals surface area contributed by atoms with E-state index in [1.807, 2.05) is 53.2 Å². The molecule has 0 bridgehead atoms. The van der Waals surface area contributed by atoms with Gasteiger partial charge in [-0.15, -0.1) is 10.2 Å².